The maximum Gasteiger partial charge on any atom is 0.186 e. The van der Waals surface area contributed by atoms with E-state index in [4.69, 9.17) is 23.7 Å². The first-order valence-electron chi connectivity index (χ1n) is 10.2. The molecule has 158 valence electrons. The third-order valence-corrected chi connectivity index (χ3v) is 4.06. The van der Waals surface area contributed by atoms with Crippen molar-refractivity contribution in [3.8, 4) is 0 Å². The number of aliphatic hydroxyl groups is 1. The molecule has 0 aliphatic heterocycles. The highest BCUT2D eigenvalue weighted by Crippen LogP contribution is 2.13. The van der Waals surface area contributed by atoms with Crippen LogP contribution < -0.4 is 0 Å². The van der Waals surface area contributed by atoms with Gasteiger partial charge in [0.15, 0.2) is 6.29 Å². The molecule has 26 heavy (non-hydrogen) atoms. The van der Waals surface area contributed by atoms with E-state index in [1.54, 1.807) is 14.0 Å². The number of hydrogen-bond donors (Lipinski definition) is 1. The Kier molecular flexibility index (Phi) is 18.0. The van der Waals surface area contributed by atoms with Gasteiger partial charge in [-0.1, -0.05) is 40.0 Å². The minimum Gasteiger partial charge on any atom is -0.391 e. The van der Waals surface area contributed by atoms with Crippen LogP contribution in [-0.4, -0.2) is 69.9 Å². The highest BCUT2D eigenvalue weighted by atomic mass is 16.7. The smallest absolute Gasteiger partial charge is 0.186 e. The maximum absolute atomic E-state index is 10.0. The van der Waals surface area contributed by atoms with E-state index in [1.165, 1.54) is 0 Å². The molecule has 0 spiro atoms. The second kappa shape index (κ2) is 18.1. The normalized spacial score (nSPS) is 16.4. The SMILES string of the molecule is CCCCOCC(O[C@H](OC)[C@H](COCCCC)OCCCC)[C@H](C)O. The Balaban J connectivity index is 4.65. The molecule has 0 aromatic carbocycles. The van der Waals surface area contributed by atoms with Crippen LogP contribution in [0.4, 0.5) is 0 Å². The van der Waals surface area contributed by atoms with E-state index >= 15 is 0 Å². The third kappa shape index (κ3) is 13.0. The largest absolute Gasteiger partial charge is 0.391 e. The fraction of sp³-hybridized carbons (Fsp3) is 1.00. The lowest BCUT2D eigenvalue weighted by atomic mass is 10.2. The van der Waals surface area contributed by atoms with Crippen molar-refractivity contribution in [3.05, 3.63) is 0 Å². The lowest BCUT2D eigenvalue weighted by Crippen LogP contribution is -2.44. The van der Waals surface area contributed by atoms with Crippen LogP contribution >= 0.6 is 0 Å². The average Bonchev–Trinajstić information content (AvgIpc) is 2.63. The Morgan fingerprint density at radius 3 is 1.73 bits per heavy atom. The van der Waals surface area contributed by atoms with Gasteiger partial charge in [-0.2, -0.15) is 0 Å². The van der Waals surface area contributed by atoms with Gasteiger partial charge in [-0.25, -0.2) is 0 Å². The first-order valence-corrected chi connectivity index (χ1v) is 10.2. The molecule has 1 N–H and O–H groups in total. The monoisotopic (exact) mass is 378 g/mol. The van der Waals surface area contributed by atoms with Crippen LogP contribution in [0, 0.1) is 0 Å². The van der Waals surface area contributed by atoms with Gasteiger partial charge in [-0.05, 0) is 26.2 Å². The van der Waals surface area contributed by atoms with Crippen LogP contribution in [0.2, 0.25) is 0 Å². The molecule has 0 rings (SSSR count). The molecule has 0 aliphatic rings. The molecule has 0 aliphatic carbocycles. The predicted molar refractivity (Wildman–Crippen MR) is 103 cm³/mol. The second-order valence-corrected chi connectivity index (χ2v) is 6.64. The van der Waals surface area contributed by atoms with Gasteiger partial charge in [-0.15, -0.1) is 0 Å². The van der Waals surface area contributed by atoms with E-state index in [9.17, 15) is 5.11 Å². The van der Waals surface area contributed by atoms with Crippen LogP contribution in [0.15, 0.2) is 0 Å². The minimum absolute atomic E-state index is 0.329. The second-order valence-electron chi connectivity index (χ2n) is 6.64. The topological polar surface area (TPSA) is 66.4 Å². The zero-order valence-corrected chi connectivity index (χ0v) is 17.6. The molecule has 0 radical (unpaired) electrons. The van der Waals surface area contributed by atoms with Crippen molar-refractivity contribution in [1.82, 2.24) is 0 Å². The maximum atomic E-state index is 10.0. The Labute approximate surface area is 160 Å². The van der Waals surface area contributed by atoms with Crippen LogP contribution in [-0.2, 0) is 23.7 Å². The van der Waals surface area contributed by atoms with Gasteiger partial charge < -0.3 is 28.8 Å². The highest BCUT2D eigenvalue weighted by Gasteiger charge is 2.28. The van der Waals surface area contributed by atoms with E-state index in [0.29, 0.717) is 33.0 Å². The molecule has 4 atom stereocenters. The number of unbranched alkanes of at least 4 members (excludes halogenated alkanes) is 3. The van der Waals surface area contributed by atoms with Crippen LogP contribution in [0.1, 0.15) is 66.2 Å². The van der Waals surface area contributed by atoms with E-state index in [1.807, 2.05) is 0 Å². The molecule has 0 bridgehead atoms. The predicted octanol–water partition coefficient (Wildman–Crippen LogP) is 3.54. The zero-order chi connectivity index (χ0) is 19.6. The van der Waals surface area contributed by atoms with Gasteiger partial charge in [-0.3, -0.25) is 0 Å². The summed E-state index contributed by atoms with van der Waals surface area (Å²) in [6.45, 7) is 10.8. The quantitative estimate of drug-likeness (QED) is 0.274. The molecule has 1 unspecified atom stereocenters. The zero-order valence-electron chi connectivity index (χ0n) is 17.6. The Hall–Kier alpha value is -0.240. The van der Waals surface area contributed by atoms with Crippen molar-refractivity contribution < 1.29 is 28.8 Å². The summed E-state index contributed by atoms with van der Waals surface area (Å²) in [5, 5.41) is 10.0. The summed E-state index contributed by atoms with van der Waals surface area (Å²) in [6, 6.07) is 0. The van der Waals surface area contributed by atoms with Crippen molar-refractivity contribution >= 4 is 0 Å². The first kappa shape index (κ1) is 25.8. The van der Waals surface area contributed by atoms with E-state index < -0.39 is 18.5 Å². The van der Waals surface area contributed by atoms with Gasteiger partial charge in [0.2, 0.25) is 0 Å². The van der Waals surface area contributed by atoms with Crippen LogP contribution in [0.25, 0.3) is 0 Å². The number of hydrogen-bond acceptors (Lipinski definition) is 6. The van der Waals surface area contributed by atoms with Gasteiger partial charge >= 0.3 is 0 Å². The molecule has 0 amide bonds. The molecule has 0 saturated heterocycles. The lowest BCUT2D eigenvalue weighted by molar-refractivity contribution is -0.245. The molecule has 6 heteroatoms. The molecule has 0 heterocycles. The minimum atomic E-state index is -0.661. The van der Waals surface area contributed by atoms with E-state index in [0.717, 1.165) is 38.5 Å². The van der Waals surface area contributed by atoms with E-state index in [-0.39, 0.29) is 6.10 Å². The van der Waals surface area contributed by atoms with Crippen molar-refractivity contribution in [2.45, 2.75) is 90.8 Å². The molecule has 6 nitrogen and oxygen atoms in total. The Morgan fingerprint density at radius 1 is 0.769 bits per heavy atom. The summed E-state index contributed by atoms with van der Waals surface area (Å²) in [7, 11) is 1.59. The van der Waals surface area contributed by atoms with Gasteiger partial charge in [0, 0.05) is 26.9 Å². The summed E-state index contributed by atoms with van der Waals surface area (Å²) in [4.78, 5) is 0. The fourth-order valence-corrected chi connectivity index (χ4v) is 2.24. The molecular weight excluding hydrogens is 336 g/mol. The molecule has 0 fully saturated rings. The standard InChI is InChI=1S/C20H42O6/c1-6-9-12-23-15-18(17(4)21)26-20(22-5)19(25-14-11-8-3)16-24-13-10-7-2/h17-21H,6-16H2,1-5H3/t17-,18?,19-,20-/m0/s1. The van der Waals surface area contributed by atoms with Gasteiger partial charge in [0.1, 0.15) is 12.2 Å². The summed E-state index contributed by atoms with van der Waals surface area (Å²) < 4.78 is 28.8. The van der Waals surface area contributed by atoms with Crippen LogP contribution in [0.5, 0.6) is 0 Å². The fourth-order valence-electron chi connectivity index (χ4n) is 2.24. The summed E-state index contributed by atoms with van der Waals surface area (Å²) in [5.41, 5.74) is 0. The van der Waals surface area contributed by atoms with E-state index in [2.05, 4.69) is 20.8 Å². The van der Waals surface area contributed by atoms with Gasteiger partial charge in [0.25, 0.3) is 0 Å². The highest BCUT2D eigenvalue weighted by molar-refractivity contribution is 4.70. The number of aliphatic hydroxyl groups excluding tert-OH is 1. The molecule has 0 aromatic heterocycles. The van der Waals surface area contributed by atoms with Crippen molar-refractivity contribution in [3.63, 3.8) is 0 Å². The molecule has 0 saturated carbocycles. The summed E-state index contributed by atoms with van der Waals surface area (Å²) >= 11 is 0. The number of methoxy groups -OCH3 is 1. The molecular formula is C20H42O6. The average molecular weight is 379 g/mol. The summed E-state index contributed by atoms with van der Waals surface area (Å²) in [6.07, 6.45) is 4.13. The lowest BCUT2D eigenvalue weighted by Gasteiger charge is -2.31. The van der Waals surface area contributed by atoms with Crippen molar-refractivity contribution in [2.24, 2.45) is 0 Å². The number of ether oxygens (including phenoxy) is 5. The number of rotatable bonds is 19. The van der Waals surface area contributed by atoms with Gasteiger partial charge in [0.05, 0.1) is 19.3 Å². The van der Waals surface area contributed by atoms with Crippen molar-refractivity contribution in [2.75, 3.05) is 40.1 Å². The molecule has 0 aromatic rings. The first-order chi connectivity index (χ1) is 12.6. The Morgan fingerprint density at radius 2 is 1.27 bits per heavy atom. The van der Waals surface area contributed by atoms with Crippen molar-refractivity contribution in [1.29, 1.82) is 0 Å². The Bertz CT molecular complexity index is 287. The summed E-state index contributed by atoms with van der Waals surface area (Å²) in [5.74, 6) is 0. The van der Waals surface area contributed by atoms with Crippen LogP contribution in [0.3, 0.4) is 0 Å². The third-order valence-electron chi connectivity index (χ3n) is 4.06.